The molecule has 1 aliphatic heterocycles. The molecule has 0 bridgehead atoms. The lowest BCUT2D eigenvalue weighted by atomic mass is 9.94. The molecule has 0 amide bonds. The molecular formula is C22H27N9. The first-order valence-electron chi connectivity index (χ1n) is 10.8. The molecule has 2 unspecified atom stereocenters. The lowest BCUT2D eigenvalue weighted by Gasteiger charge is -2.39. The molecular weight excluding hydrogens is 390 g/mol. The first-order valence-corrected chi connectivity index (χ1v) is 10.8. The van der Waals surface area contributed by atoms with Gasteiger partial charge in [0.1, 0.15) is 6.04 Å². The van der Waals surface area contributed by atoms with Gasteiger partial charge in [0.05, 0.1) is 24.1 Å². The van der Waals surface area contributed by atoms with Gasteiger partial charge in [0.15, 0.2) is 5.82 Å². The van der Waals surface area contributed by atoms with Gasteiger partial charge >= 0.3 is 0 Å². The standard InChI is InChI=1S/C22H27N9/c1-4-19(16-12-23-24-13-16)29-10-11-30-22(25-27-28-30)21(29)18-14-31(26-20(18)15(2)3)17-8-6-5-7-9-17/h5-9,12-15,19,21H,4,10-11H2,1-3H3,(H,23,24). The lowest BCUT2D eigenvalue weighted by molar-refractivity contribution is 0.111. The van der Waals surface area contributed by atoms with Gasteiger partial charge in [-0.25, -0.2) is 9.36 Å². The van der Waals surface area contributed by atoms with Gasteiger partial charge in [-0.1, -0.05) is 39.0 Å². The normalized spacial score (nSPS) is 17.7. The molecule has 4 heterocycles. The number of aromatic nitrogens is 8. The van der Waals surface area contributed by atoms with E-state index in [1.54, 1.807) is 0 Å². The van der Waals surface area contributed by atoms with Crippen LogP contribution in [0.5, 0.6) is 0 Å². The number of hydrogen-bond donors (Lipinski definition) is 1. The molecule has 160 valence electrons. The fraction of sp³-hybridized carbons (Fsp3) is 0.409. The predicted octanol–water partition coefficient (Wildman–Crippen LogP) is 3.26. The number of nitrogens with zero attached hydrogens (tertiary/aromatic N) is 8. The molecule has 9 heteroatoms. The Morgan fingerprint density at radius 1 is 1.16 bits per heavy atom. The van der Waals surface area contributed by atoms with Crippen LogP contribution in [0.1, 0.15) is 67.8 Å². The third-order valence-electron chi connectivity index (χ3n) is 6.03. The summed E-state index contributed by atoms with van der Waals surface area (Å²) in [6, 6.07) is 10.3. The van der Waals surface area contributed by atoms with Crippen molar-refractivity contribution in [3.05, 3.63) is 71.6 Å². The van der Waals surface area contributed by atoms with Crippen LogP contribution in [0.25, 0.3) is 5.69 Å². The summed E-state index contributed by atoms with van der Waals surface area (Å²) in [4.78, 5) is 2.49. The van der Waals surface area contributed by atoms with Crippen molar-refractivity contribution in [3.63, 3.8) is 0 Å². The summed E-state index contributed by atoms with van der Waals surface area (Å²) in [6.07, 6.45) is 7.01. The highest BCUT2D eigenvalue weighted by Crippen LogP contribution is 2.40. The highest BCUT2D eigenvalue weighted by atomic mass is 15.6. The zero-order valence-corrected chi connectivity index (χ0v) is 18.0. The van der Waals surface area contributed by atoms with E-state index in [-0.39, 0.29) is 18.0 Å². The third kappa shape index (κ3) is 3.44. The quantitative estimate of drug-likeness (QED) is 0.518. The average Bonchev–Trinajstić information content (AvgIpc) is 3.55. The second-order valence-corrected chi connectivity index (χ2v) is 8.26. The maximum absolute atomic E-state index is 4.99. The molecule has 0 saturated carbocycles. The van der Waals surface area contributed by atoms with E-state index in [1.807, 2.05) is 40.0 Å². The van der Waals surface area contributed by atoms with Crippen molar-refractivity contribution in [3.8, 4) is 5.69 Å². The van der Waals surface area contributed by atoms with Crippen LogP contribution >= 0.6 is 0 Å². The van der Waals surface area contributed by atoms with Crippen molar-refractivity contribution in [2.75, 3.05) is 6.54 Å². The molecule has 31 heavy (non-hydrogen) atoms. The van der Waals surface area contributed by atoms with Crippen LogP contribution in [0.15, 0.2) is 48.9 Å². The first kappa shape index (κ1) is 19.6. The molecule has 1 aliphatic rings. The van der Waals surface area contributed by atoms with Gasteiger partial charge in [-0.3, -0.25) is 10.00 Å². The highest BCUT2D eigenvalue weighted by Gasteiger charge is 2.39. The molecule has 0 spiro atoms. The van der Waals surface area contributed by atoms with Crippen LogP contribution in [0.2, 0.25) is 0 Å². The molecule has 0 radical (unpaired) electrons. The molecule has 0 aliphatic carbocycles. The van der Waals surface area contributed by atoms with Crippen LogP contribution in [0.3, 0.4) is 0 Å². The van der Waals surface area contributed by atoms with Crippen molar-refractivity contribution >= 4 is 0 Å². The van der Waals surface area contributed by atoms with Crippen molar-refractivity contribution in [1.82, 2.24) is 45.1 Å². The van der Waals surface area contributed by atoms with Crippen LogP contribution in [-0.2, 0) is 6.54 Å². The Hall–Kier alpha value is -3.33. The zero-order chi connectivity index (χ0) is 21.4. The minimum Gasteiger partial charge on any atom is -0.285 e. The Morgan fingerprint density at radius 3 is 2.71 bits per heavy atom. The lowest BCUT2D eigenvalue weighted by Crippen LogP contribution is -2.41. The van der Waals surface area contributed by atoms with Gasteiger partial charge in [-0.15, -0.1) is 5.10 Å². The summed E-state index contributed by atoms with van der Waals surface area (Å²) in [7, 11) is 0. The SMILES string of the molecule is CCC(c1cn[nH]c1)N1CCn2nnnc2C1c1cn(-c2ccccc2)nc1C(C)C. The number of benzene rings is 1. The van der Waals surface area contributed by atoms with Crippen LogP contribution in [0, 0.1) is 0 Å². The van der Waals surface area contributed by atoms with Crippen LogP contribution in [-0.4, -0.2) is 51.6 Å². The number of rotatable bonds is 6. The molecule has 3 aromatic heterocycles. The number of H-pyrrole nitrogens is 1. The van der Waals surface area contributed by atoms with Gasteiger partial charge in [-0.2, -0.15) is 10.2 Å². The number of tetrazole rings is 1. The fourth-order valence-electron chi connectivity index (χ4n) is 4.59. The van der Waals surface area contributed by atoms with E-state index in [4.69, 9.17) is 5.10 Å². The number of para-hydroxylation sites is 1. The monoisotopic (exact) mass is 417 g/mol. The molecule has 1 aromatic carbocycles. The summed E-state index contributed by atoms with van der Waals surface area (Å²) in [6.45, 7) is 8.19. The van der Waals surface area contributed by atoms with E-state index in [1.165, 1.54) is 5.56 Å². The minimum atomic E-state index is -0.0848. The molecule has 5 rings (SSSR count). The average molecular weight is 418 g/mol. The Balaban J connectivity index is 1.66. The summed E-state index contributed by atoms with van der Waals surface area (Å²) >= 11 is 0. The summed E-state index contributed by atoms with van der Waals surface area (Å²) < 4.78 is 3.90. The Bertz CT molecular complexity index is 1130. The van der Waals surface area contributed by atoms with E-state index < -0.39 is 0 Å². The number of hydrogen-bond acceptors (Lipinski definition) is 6. The molecule has 9 nitrogen and oxygen atoms in total. The summed E-state index contributed by atoms with van der Waals surface area (Å²) in [5.41, 5.74) is 4.43. The molecule has 0 fully saturated rings. The Labute approximate surface area is 181 Å². The maximum atomic E-state index is 4.99. The third-order valence-corrected chi connectivity index (χ3v) is 6.03. The van der Waals surface area contributed by atoms with Crippen LogP contribution < -0.4 is 0 Å². The smallest absolute Gasteiger partial charge is 0.173 e. The van der Waals surface area contributed by atoms with E-state index in [0.29, 0.717) is 0 Å². The van der Waals surface area contributed by atoms with Crippen molar-refractivity contribution in [1.29, 1.82) is 0 Å². The van der Waals surface area contributed by atoms with E-state index >= 15 is 0 Å². The molecule has 0 saturated heterocycles. The highest BCUT2D eigenvalue weighted by molar-refractivity contribution is 5.37. The van der Waals surface area contributed by atoms with Crippen molar-refractivity contribution < 1.29 is 0 Å². The topological polar surface area (TPSA) is 93.3 Å². The molecule has 4 aromatic rings. The van der Waals surface area contributed by atoms with Gasteiger partial charge < -0.3 is 0 Å². The molecule has 1 N–H and O–H groups in total. The van der Waals surface area contributed by atoms with E-state index in [0.717, 1.165) is 42.3 Å². The predicted molar refractivity (Wildman–Crippen MR) is 116 cm³/mol. The molecule has 2 atom stereocenters. The summed E-state index contributed by atoms with van der Waals surface area (Å²) in [5, 5.41) is 24.8. The van der Waals surface area contributed by atoms with Crippen molar-refractivity contribution in [2.45, 2.75) is 51.7 Å². The second-order valence-electron chi connectivity index (χ2n) is 8.26. The first-order chi connectivity index (χ1) is 15.2. The van der Waals surface area contributed by atoms with Gasteiger partial charge in [-0.05, 0) is 34.9 Å². The number of aromatic amines is 1. The number of fused-ring (bicyclic) bond motifs is 1. The van der Waals surface area contributed by atoms with Gasteiger partial charge in [0.25, 0.3) is 0 Å². The zero-order valence-electron chi connectivity index (χ0n) is 18.0. The maximum Gasteiger partial charge on any atom is 0.173 e. The second kappa shape index (κ2) is 8.07. The fourth-order valence-corrected chi connectivity index (χ4v) is 4.59. The largest absolute Gasteiger partial charge is 0.285 e. The van der Waals surface area contributed by atoms with Crippen LogP contribution in [0.4, 0.5) is 0 Å². The van der Waals surface area contributed by atoms with Gasteiger partial charge in [0.2, 0.25) is 0 Å². The minimum absolute atomic E-state index is 0.0848. The summed E-state index contributed by atoms with van der Waals surface area (Å²) in [5.74, 6) is 1.13. The number of nitrogens with one attached hydrogen (secondary N) is 1. The van der Waals surface area contributed by atoms with E-state index in [9.17, 15) is 0 Å². The van der Waals surface area contributed by atoms with E-state index in [2.05, 4.69) is 69.7 Å². The van der Waals surface area contributed by atoms with Gasteiger partial charge in [0, 0.05) is 36.1 Å². The Morgan fingerprint density at radius 2 is 2.00 bits per heavy atom. The Kier molecular flexibility index (Phi) is 5.11. The van der Waals surface area contributed by atoms with Crippen molar-refractivity contribution in [2.24, 2.45) is 0 Å².